The second-order valence-electron chi connectivity index (χ2n) is 5.62. The van der Waals surface area contributed by atoms with Crippen LogP contribution in [0.1, 0.15) is 5.56 Å². The van der Waals surface area contributed by atoms with Crippen molar-refractivity contribution < 1.29 is 4.42 Å². The first kappa shape index (κ1) is 12.7. The lowest BCUT2D eigenvalue weighted by molar-refractivity contribution is 0.325. The molecule has 2 aromatic heterocycles. The van der Waals surface area contributed by atoms with E-state index in [2.05, 4.69) is 28.1 Å². The summed E-state index contributed by atoms with van der Waals surface area (Å²) in [5.74, 6) is 0.586. The normalized spacial score (nSPS) is 15.6. The number of fused-ring (bicyclic) bond motifs is 1. The molecule has 3 aromatic rings. The van der Waals surface area contributed by atoms with Crippen LogP contribution in [0.2, 0.25) is 5.02 Å². The van der Waals surface area contributed by atoms with E-state index in [1.807, 2.05) is 29.1 Å². The highest BCUT2D eigenvalue weighted by molar-refractivity contribution is 6.31. The molecule has 1 fully saturated rings. The minimum absolute atomic E-state index is 0.586. The van der Waals surface area contributed by atoms with E-state index in [0.29, 0.717) is 17.0 Å². The van der Waals surface area contributed by atoms with Gasteiger partial charge in [-0.25, -0.2) is 0 Å². The van der Waals surface area contributed by atoms with Crippen LogP contribution in [0.15, 0.2) is 35.0 Å². The molecule has 0 atom stereocenters. The van der Waals surface area contributed by atoms with E-state index in [1.54, 1.807) is 0 Å². The maximum Gasteiger partial charge on any atom is 0.298 e. The van der Waals surface area contributed by atoms with Crippen molar-refractivity contribution in [3.8, 4) is 0 Å². The third kappa shape index (κ3) is 2.38. The number of anilines is 1. The lowest BCUT2D eigenvalue weighted by Crippen LogP contribution is -2.48. The molecule has 1 saturated heterocycles. The average molecular weight is 303 g/mol. The van der Waals surface area contributed by atoms with Gasteiger partial charge < -0.3 is 9.32 Å². The zero-order chi connectivity index (χ0) is 14.4. The molecule has 4 rings (SSSR count). The van der Waals surface area contributed by atoms with Crippen molar-refractivity contribution >= 4 is 28.7 Å². The fraction of sp³-hybridized carbons (Fsp3) is 0.333. The van der Waals surface area contributed by atoms with E-state index < -0.39 is 0 Å². The molecule has 0 spiro atoms. The van der Waals surface area contributed by atoms with Crippen LogP contribution in [0.4, 0.5) is 6.01 Å². The van der Waals surface area contributed by atoms with Gasteiger partial charge >= 0.3 is 0 Å². The molecule has 1 aromatic carbocycles. The van der Waals surface area contributed by atoms with Gasteiger partial charge in [0.1, 0.15) is 5.52 Å². The summed E-state index contributed by atoms with van der Waals surface area (Å²) in [5.41, 5.74) is 2.78. The van der Waals surface area contributed by atoms with Crippen molar-refractivity contribution in [3.63, 3.8) is 0 Å². The van der Waals surface area contributed by atoms with E-state index in [9.17, 15) is 0 Å². The number of halogens is 1. The van der Waals surface area contributed by atoms with Gasteiger partial charge in [-0.3, -0.25) is 4.68 Å². The second-order valence-corrected chi connectivity index (χ2v) is 6.06. The summed E-state index contributed by atoms with van der Waals surface area (Å²) in [7, 11) is 0. The Morgan fingerprint density at radius 3 is 3.00 bits per heavy atom. The molecular weight excluding hydrogens is 288 g/mol. The number of hydrogen-bond donors (Lipinski definition) is 0. The molecule has 0 aliphatic carbocycles. The summed E-state index contributed by atoms with van der Waals surface area (Å²) in [4.78, 5) is 6.64. The first-order valence-electron chi connectivity index (χ1n) is 6.97. The summed E-state index contributed by atoms with van der Waals surface area (Å²) in [6, 6.07) is 6.18. The minimum Gasteiger partial charge on any atom is -0.423 e. The Bertz CT molecular complexity index is 788. The van der Waals surface area contributed by atoms with Crippen LogP contribution < -0.4 is 4.90 Å². The first-order chi connectivity index (χ1) is 10.2. The van der Waals surface area contributed by atoms with Crippen molar-refractivity contribution in [1.82, 2.24) is 14.8 Å². The van der Waals surface area contributed by atoms with Crippen molar-refractivity contribution in [3.05, 3.63) is 41.2 Å². The summed E-state index contributed by atoms with van der Waals surface area (Å²) >= 11 is 5.97. The van der Waals surface area contributed by atoms with Gasteiger partial charge in [0.05, 0.1) is 6.20 Å². The lowest BCUT2D eigenvalue weighted by Gasteiger charge is -2.37. The van der Waals surface area contributed by atoms with Crippen molar-refractivity contribution in [1.29, 1.82) is 0 Å². The SMILES string of the molecule is Cc1cnn(CC2CN(c3nc4cc(Cl)ccc4o3)C2)c1. The molecule has 0 amide bonds. The van der Waals surface area contributed by atoms with Crippen molar-refractivity contribution in [2.45, 2.75) is 13.5 Å². The predicted molar refractivity (Wildman–Crippen MR) is 81.7 cm³/mol. The molecule has 0 N–H and O–H groups in total. The number of aromatic nitrogens is 3. The Morgan fingerprint density at radius 2 is 2.24 bits per heavy atom. The van der Waals surface area contributed by atoms with Crippen molar-refractivity contribution in [2.75, 3.05) is 18.0 Å². The Hall–Kier alpha value is -2.01. The zero-order valence-corrected chi connectivity index (χ0v) is 12.4. The van der Waals surface area contributed by atoms with Crippen LogP contribution in [0.3, 0.4) is 0 Å². The third-order valence-corrected chi connectivity index (χ3v) is 4.01. The maximum atomic E-state index is 5.97. The highest BCUT2D eigenvalue weighted by Crippen LogP contribution is 2.29. The fourth-order valence-corrected chi connectivity index (χ4v) is 2.86. The largest absolute Gasteiger partial charge is 0.423 e. The molecule has 21 heavy (non-hydrogen) atoms. The first-order valence-corrected chi connectivity index (χ1v) is 7.35. The van der Waals surface area contributed by atoms with E-state index in [4.69, 9.17) is 16.0 Å². The third-order valence-electron chi connectivity index (χ3n) is 3.77. The van der Waals surface area contributed by atoms with Crippen LogP contribution in [0.25, 0.3) is 11.1 Å². The standard InChI is InChI=1S/C15H15ClN4O/c1-10-5-17-20(6-10)9-11-7-19(8-11)15-18-13-4-12(16)2-3-14(13)21-15/h2-6,11H,7-9H2,1H3. The molecule has 5 nitrogen and oxygen atoms in total. The summed E-state index contributed by atoms with van der Waals surface area (Å²) in [6.45, 7) is 4.88. The van der Waals surface area contributed by atoms with Crippen LogP contribution in [0.5, 0.6) is 0 Å². The number of nitrogens with zero attached hydrogens (tertiary/aromatic N) is 4. The molecule has 0 bridgehead atoms. The molecule has 0 saturated carbocycles. The topological polar surface area (TPSA) is 47.1 Å². The molecule has 1 aliphatic heterocycles. The molecule has 3 heterocycles. The Morgan fingerprint density at radius 1 is 1.38 bits per heavy atom. The van der Waals surface area contributed by atoms with Crippen LogP contribution in [-0.4, -0.2) is 27.9 Å². The van der Waals surface area contributed by atoms with Gasteiger partial charge in [0.2, 0.25) is 0 Å². The number of hydrogen-bond acceptors (Lipinski definition) is 4. The van der Waals surface area contributed by atoms with Gasteiger partial charge in [-0.1, -0.05) is 11.6 Å². The lowest BCUT2D eigenvalue weighted by atomic mass is 10.0. The smallest absolute Gasteiger partial charge is 0.298 e. The van der Waals surface area contributed by atoms with E-state index >= 15 is 0 Å². The predicted octanol–water partition coefficient (Wildman–Crippen LogP) is 3.12. The van der Waals surface area contributed by atoms with Crippen LogP contribution in [0, 0.1) is 12.8 Å². The Kier molecular flexibility index (Phi) is 2.89. The Balaban J connectivity index is 1.44. The highest BCUT2D eigenvalue weighted by atomic mass is 35.5. The molecule has 1 aliphatic rings. The summed E-state index contributed by atoms with van der Waals surface area (Å²) in [6.07, 6.45) is 3.96. The maximum absolute atomic E-state index is 5.97. The number of oxazole rings is 1. The molecular formula is C15H15ClN4O. The second kappa shape index (κ2) is 4.77. The summed E-state index contributed by atoms with van der Waals surface area (Å²) < 4.78 is 7.77. The number of benzene rings is 1. The van der Waals surface area contributed by atoms with Gasteiger partial charge in [-0.05, 0) is 30.7 Å². The Labute approximate surface area is 127 Å². The molecule has 6 heteroatoms. The van der Waals surface area contributed by atoms with Gasteiger partial charge in [0.15, 0.2) is 5.58 Å². The van der Waals surface area contributed by atoms with E-state index in [-0.39, 0.29) is 0 Å². The zero-order valence-electron chi connectivity index (χ0n) is 11.7. The number of aryl methyl sites for hydroxylation is 1. The van der Waals surface area contributed by atoms with Gasteiger partial charge in [0, 0.05) is 36.8 Å². The molecule has 0 unspecified atom stereocenters. The monoisotopic (exact) mass is 302 g/mol. The summed E-state index contributed by atoms with van der Waals surface area (Å²) in [5, 5.41) is 5.00. The highest BCUT2D eigenvalue weighted by Gasteiger charge is 2.30. The van der Waals surface area contributed by atoms with E-state index in [0.717, 1.165) is 30.7 Å². The minimum atomic E-state index is 0.586. The fourth-order valence-electron chi connectivity index (χ4n) is 2.70. The van der Waals surface area contributed by atoms with E-state index in [1.165, 1.54) is 5.56 Å². The van der Waals surface area contributed by atoms with Crippen molar-refractivity contribution in [2.24, 2.45) is 5.92 Å². The van der Waals surface area contributed by atoms with Crippen LogP contribution >= 0.6 is 11.6 Å². The van der Waals surface area contributed by atoms with Gasteiger partial charge in [-0.2, -0.15) is 10.1 Å². The molecule has 108 valence electrons. The quantitative estimate of drug-likeness (QED) is 0.746. The number of rotatable bonds is 3. The molecule has 0 radical (unpaired) electrons. The van der Waals surface area contributed by atoms with Gasteiger partial charge in [-0.15, -0.1) is 0 Å². The van der Waals surface area contributed by atoms with Crippen LogP contribution in [-0.2, 0) is 6.54 Å². The van der Waals surface area contributed by atoms with Gasteiger partial charge in [0.25, 0.3) is 6.01 Å². The average Bonchev–Trinajstić information content (AvgIpc) is 2.98.